The third-order valence-electron chi connectivity index (χ3n) is 4.12. The number of rotatable bonds is 5. The van der Waals surface area contributed by atoms with Crippen molar-refractivity contribution in [1.29, 1.82) is 0 Å². The second kappa shape index (κ2) is 6.94. The molecule has 3 aromatic heterocycles. The maximum absolute atomic E-state index is 5.53. The molecule has 25 heavy (non-hydrogen) atoms. The Morgan fingerprint density at radius 3 is 2.88 bits per heavy atom. The number of piperidine rings is 1. The van der Waals surface area contributed by atoms with Gasteiger partial charge >= 0.3 is 0 Å². The van der Waals surface area contributed by atoms with Gasteiger partial charge in [0.05, 0.1) is 11.8 Å². The summed E-state index contributed by atoms with van der Waals surface area (Å²) < 4.78 is 10.6. The zero-order chi connectivity index (χ0) is 17.1. The normalized spacial score (nSPS) is 15.2. The van der Waals surface area contributed by atoms with Gasteiger partial charge in [0, 0.05) is 18.3 Å². The molecular formula is C17H20N6O2. The number of nitrogens with one attached hydrogen (secondary N) is 3. The smallest absolute Gasteiger partial charge is 0.230 e. The third kappa shape index (κ3) is 3.63. The van der Waals surface area contributed by atoms with Crippen molar-refractivity contribution in [2.75, 3.05) is 23.7 Å². The van der Waals surface area contributed by atoms with Gasteiger partial charge in [-0.1, -0.05) is 5.16 Å². The number of anilines is 3. The molecule has 0 spiro atoms. The van der Waals surface area contributed by atoms with Crippen LogP contribution in [0.4, 0.5) is 17.6 Å². The molecule has 0 bridgehead atoms. The van der Waals surface area contributed by atoms with Gasteiger partial charge in [-0.2, -0.15) is 4.98 Å². The molecule has 1 aliphatic rings. The fraction of sp³-hybridized carbons (Fsp3) is 0.353. The van der Waals surface area contributed by atoms with E-state index in [1.165, 1.54) is 0 Å². The first kappa shape index (κ1) is 15.6. The molecule has 3 aromatic rings. The van der Waals surface area contributed by atoms with E-state index in [1.807, 2.05) is 19.1 Å². The Hall–Kier alpha value is -2.87. The molecule has 0 saturated carbocycles. The molecule has 4 rings (SSSR count). The van der Waals surface area contributed by atoms with E-state index in [9.17, 15) is 0 Å². The first-order valence-electron chi connectivity index (χ1n) is 8.36. The minimum absolute atomic E-state index is 0.368. The Bertz CT molecular complexity index is 824. The molecule has 1 fully saturated rings. The van der Waals surface area contributed by atoms with Crippen LogP contribution in [0.1, 0.15) is 18.6 Å². The molecule has 0 aromatic carbocycles. The van der Waals surface area contributed by atoms with Crippen LogP contribution in [0.15, 0.2) is 39.6 Å². The van der Waals surface area contributed by atoms with Gasteiger partial charge < -0.3 is 24.9 Å². The van der Waals surface area contributed by atoms with E-state index in [1.54, 1.807) is 18.5 Å². The van der Waals surface area contributed by atoms with Crippen LogP contribution in [-0.2, 0) is 0 Å². The summed E-state index contributed by atoms with van der Waals surface area (Å²) >= 11 is 0. The molecule has 1 saturated heterocycles. The van der Waals surface area contributed by atoms with Crippen LogP contribution in [-0.4, -0.2) is 34.3 Å². The third-order valence-corrected chi connectivity index (χ3v) is 4.12. The lowest BCUT2D eigenvalue weighted by Crippen LogP contribution is -2.35. The van der Waals surface area contributed by atoms with Crippen LogP contribution >= 0.6 is 0 Å². The van der Waals surface area contributed by atoms with Gasteiger partial charge in [0.25, 0.3) is 0 Å². The predicted molar refractivity (Wildman–Crippen MR) is 93.8 cm³/mol. The molecule has 1 aliphatic heterocycles. The molecule has 0 amide bonds. The summed E-state index contributed by atoms with van der Waals surface area (Å²) in [7, 11) is 0. The zero-order valence-corrected chi connectivity index (χ0v) is 14.0. The second-order valence-corrected chi connectivity index (χ2v) is 6.05. The van der Waals surface area contributed by atoms with Gasteiger partial charge in [-0.05, 0) is 45.0 Å². The van der Waals surface area contributed by atoms with Gasteiger partial charge in [-0.25, -0.2) is 4.98 Å². The molecule has 8 heteroatoms. The molecule has 8 nitrogen and oxygen atoms in total. The van der Waals surface area contributed by atoms with Gasteiger partial charge in [0.2, 0.25) is 5.95 Å². The Morgan fingerprint density at radius 2 is 2.16 bits per heavy atom. The van der Waals surface area contributed by atoms with Gasteiger partial charge in [-0.3, -0.25) is 0 Å². The zero-order valence-electron chi connectivity index (χ0n) is 14.0. The summed E-state index contributed by atoms with van der Waals surface area (Å²) in [6, 6.07) is 5.92. The van der Waals surface area contributed by atoms with Crippen LogP contribution < -0.4 is 16.0 Å². The largest absolute Gasteiger partial charge is 0.464 e. The molecule has 0 radical (unpaired) electrons. The maximum atomic E-state index is 5.53. The van der Waals surface area contributed by atoms with Crippen molar-refractivity contribution in [3.63, 3.8) is 0 Å². The highest BCUT2D eigenvalue weighted by Crippen LogP contribution is 2.29. The van der Waals surface area contributed by atoms with Crippen LogP contribution in [0.2, 0.25) is 0 Å². The molecule has 0 aliphatic carbocycles. The lowest BCUT2D eigenvalue weighted by Gasteiger charge is -2.25. The molecule has 4 heterocycles. The van der Waals surface area contributed by atoms with Crippen LogP contribution in [0.3, 0.4) is 0 Å². The fourth-order valence-electron chi connectivity index (χ4n) is 2.86. The highest BCUT2D eigenvalue weighted by Gasteiger charge is 2.18. The fourth-order valence-corrected chi connectivity index (χ4v) is 2.86. The number of nitrogens with zero attached hydrogens (tertiary/aromatic N) is 3. The van der Waals surface area contributed by atoms with Crippen molar-refractivity contribution in [3.05, 3.63) is 36.4 Å². The monoisotopic (exact) mass is 340 g/mol. The molecule has 130 valence electrons. The van der Waals surface area contributed by atoms with E-state index >= 15 is 0 Å². The van der Waals surface area contributed by atoms with E-state index in [4.69, 9.17) is 8.94 Å². The van der Waals surface area contributed by atoms with Gasteiger partial charge in [-0.15, -0.1) is 0 Å². The topological polar surface area (TPSA) is 101 Å². The highest BCUT2D eigenvalue weighted by atomic mass is 16.5. The van der Waals surface area contributed by atoms with Crippen molar-refractivity contribution in [3.8, 4) is 11.3 Å². The van der Waals surface area contributed by atoms with Crippen LogP contribution in [0, 0.1) is 6.92 Å². The van der Waals surface area contributed by atoms with E-state index in [0.717, 1.165) is 48.8 Å². The van der Waals surface area contributed by atoms with E-state index in [0.29, 0.717) is 17.8 Å². The predicted octanol–water partition coefficient (Wildman–Crippen LogP) is 2.94. The summed E-state index contributed by atoms with van der Waals surface area (Å²) in [6.07, 6.45) is 5.50. The van der Waals surface area contributed by atoms with E-state index in [-0.39, 0.29) is 0 Å². The van der Waals surface area contributed by atoms with Gasteiger partial charge in [0.1, 0.15) is 17.3 Å². The minimum Gasteiger partial charge on any atom is -0.464 e. The van der Waals surface area contributed by atoms with Gasteiger partial charge in [0.15, 0.2) is 5.82 Å². The molecule has 0 unspecified atom stereocenters. The van der Waals surface area contributed by atoms with Crippen molar-refractivity contribution in [1.82, 2.24) is 20.4 Å². The number of hydrogen-bond acceptors (Lipinski definition) is 8. The Labute approximate surface area is 145 Å². The quantitative estimate of drug-likeness (QED) is 0.652. The number of aromatic nitrogens is 3. The molecule has 3 N–H and O–H groups in total. The first-order valence-corrected chi connectivity index (χ1v) is 8.36. The number of aryl methyl sites for hydroxylation is 1. The lowest BCUT2D eigenvalue weighted by molar-refractivity contribution is 0.400. The Morgan fingerprint density at radius 1 is 1.28 bits per heavy atom. The van der Waals surface area contributed by atoms with Crippen molar-refractivity contribution in [2.24, 2.45) is 0 Å². The molecule has 0 atom stereocenters. The van der Waals surface area contributed by atoms with E-state index in [2.05, 4.69) is 31.1 Å². The van der Waals surface area contributed by atoms with Crippen molar-refractivity contribution >= 4 is 17.6 Å². The standard InChI is InChI=1S/C17H20N6O2/c1-11-9-15(23-25-11)21-17-19-10-13(14-3-2-8-24-14)16(22-17)20-12-4-6-18-7-5-12/h2-3,8-10,12,18H,4-7H2,1H3,(H2,19,20,21,22,23). The molecular weight excluding hydrogens is 320 g/mol. The Kier molecular flexibility index (Phi) is 4.34. The van der Waals surface area contributed by atoms with Crippen molar-refractivity contribution in [2.45, 2.75) is 25.8 Å². The van der Waals surface area contributed by atoms with Crippen molar-refractivity contribution < 1.29 is 8.94 Å². The first-order chi connectivity index (χ1) is 12.3. The summed E-state index contributed by atoms with van der Waals surface area (Å²) in [5, 5.41) is 13.9. The average molecular weight is 340 g/mol. The van der Waals surface area contributed by atoms with E-state index < -0.39 is 0 Å². The summed E-state index contributed by atoms with van der Waals surface area (Å²) in [6.45, 7) is 3.84. The summed E-state index contributed by atoms with van der Waals surface area (Å²) in [5.74, 6) is 3.25. The maximum Gasteiger partial charge on any atom is 0.230 e. The van der Waals surface area contributed by atoms with Crippen LogP contribution in [0.25, 0.3) is 11.3 Å². The highest BCUT2D eigenvalue weighted by molar-refractivity contribution is 5.72. The number of furan rings is 1. The Balaban J connectivity index is 1.62. The number of hydrogen-bond donors (Lipinski definition) is 3. The minimum atomic E-state index is 0.368. The second-order valence-electron chi connectivity index (χ2n) is 6.05. The lowest BCUT2D eigenvalue weighted by atomic mass is 10.1. The SMILES string of the molecule is Cc1cc(Nc2ncc(-c3ccco3)c(NC3CCNCC3)n2)no1. The summed E-state index contributed by atoms with van der Waals surface area (Å²) in [4.78, 5) is 9.01. The average Bonchev–Trinajstić information content (AvgIpc) is 3.28. The van der Waals surface area contributed by atoms with Crippen LogP contribution in [0.5, 0.6) is 0 Å². The summed E-state index contributed by atoms with van der Waals surface area (Å²) in [5.41, 5.74) is 0.838.